The highest BCUT2D eigenvalue weighted by Crippen LogP contribution is 2.32. The molecular weight excluding hydrogens is 497 g/mol. The van der Waals surface area contributed by atoms with E-state index in [1.807, 2.05) is 37.4 Å². The molecule has 0 aliphatic carbocycles. The summed E-state index contributed by atoms with van der Waals surface area (Å²) >= 11 is 12.9. The van der Waals surface area contributed by atoms with Crippen LogP contribution >= 0.6 is 23.2 Å². The lowest BCUT2D eigenvalue weighted by molar-refractivity contribution is 0.0696. The fourth-order valence-electron chi connectivity index (χ4n) is 3.98. The number of aromatic carboxylic acids is 1. The normalized spacial score (nSPS) is 11.1. The van der Waals surface area contributed by atoms with E-state index in [4.69, 9.17) is 27.9 Å². The number of aryl methyl sites for hydroxylation is 1. The third-order valence-electron chi connectivity index (χ3n) is 5.90. The third kappa shape index (κ3) is 5.66. The molecule has 1 heterocycles. The molecule has 8 heteroatoms. The third-order valence-corrected chi connectivity index (χ3v) is 6.51. The Morgan fingerprint density at radius 3 is 2.47 bits per heavy atom. The second-order valence-corrected chi connectivity index (χ2v) is 9.62. The van der Waals surface area contributed by atoms with Gasteiger partial charge in [-0.05, 0) is 72.0 Å². The standard InChI is InChI=1S/C28H27Cl2N3O3/c1-17(2)22-15-32-33(27-23(29)8-5-9-24(27)30)26(22)16-36-21-10-11-25(18(3)12-21)31-14-19-6-4-7-20(13-19)28(34)35/h4-13,15,17,31H,14,16H2,1-3H3,(H,34,35). The topological polar surface area (TPSA) is 76.4 Å². The Kier molecular flexibility index (Phi) is 7.87. The molecule has 0 fully saturated rings. The van der Waals surface area contributed by atoms with E-state index >= 15 is 0 Å². The first-order valence-electron chi connectivity index (χ1n) is 11.6. The Morgan fingerprint density at radius 2 is 1.81 bits per heavy atom. The summed E-state index contributed by atoms with van der Waals surface area (Å²) in [5, 5.41) is 18.2. The van der Waals surface area contributed by atoms with Gasteiger partial charge in [0.2, 0.25) is 0 Å². The van der Waals surface area contributed by atoms with Crippen LogP contribution in [0.4, 0.5) is 5.69 Å². The Bertz CT molecular complexity index is 1380. The number of hydrogen-bond acceptors (Lipinski definition) is 4. The van der Waals surface area contributed by atoms with Crippen LogP contribution < -0.4 is 10.1 Å². The second kappa shape index (κ2) is 11.1. The molecule has 186 valence electrons. The van der Waals surface area contributed by atoms with Gasteiger partial charge in [-0.15, -0.1) is 0 Å². The van der Waals surface area contributed by atoms with Gasteiger partial charge in [-0.2, -0.15) is 5.10 Å². The van der Waals surface area contributed by atoms with Crippen LogP contribution in [0.5, 0.6) is 5.75 Å². The molecule has 4 rings (SSSR count). The summed E-state index contributed by atoms with van der Waals surface area (Å²) in [6, 6.07) is 18.1. The SMILES string of the molecule is Cc1cc(OCc2c(C(C)C)cnn2-c2c(Cl)cccc2Cl)ccc1NCc1cccc(C(=O)O)c1. The fraction of sp³-hybridized carbons (Fsp3) is 0.214. The van der Waals surface area contributed by atoms with E-state index in [0.717, 1.165) is 33.8 Å². The van der Waals surface area contributed by atoms with E-state index in [1.165, 1.54) is 0 Å². The van der Waals surface area contributed by atoms with Crippen molar-refractivity contribution < 1.29 is 14.6 Å². The van der Waals surface area contributed by atoms with Crippen molar-refractivity contribution in [2.24, 2.45) is 0 Å². The van der Waals surface area contributed by atoms with Crippen LogP contribution in [0.3, 0.4) is 0 Å². The zero-order valence-electron chi connectivity index (χ0n) is 20.3. The minimum atomic E-state index is -0.937. The number of carboxylic acid groups (broad SMARTS) is 1. The second-order valence-electron chi connectivity index (χ2n) is 8.81. The van der Waals surface area contributed by atoms with Gasteiger partial charge in [-0.1, -0.05) is 55.2 Å². The molecule has 0 saturated heterocycles. The number of rotatable bonds is 9. The van der Waals surface area contributed by atoms with Gasteiger partial charge in [0.1, 0.15) is 18.0 Å². The van der Waals surface area contributed by atoms with Crippen molar-refractivity contribution in [3.63, 3.8) is 0 Å². The van der Waals surface area contributed by atoms with Gasteiger partial charge in [-0.3, -0.25) is 0 Å². The maximum absolute atomic E-state index is 11.2. The first-order chi connectivity index (χ1) is 17.2. The summed E-state index contributed by atoms with van der Waals surface area (Å²) < 4.78 is 7.94. The fourth-order valence-corrected chi connectivity index (χ4v) is 4.54. The molecule has 0 radical (unpaired) electrons. The van der Waals surface area contributed by atoms with Crippen molar-refractivity contribution in [3.05, 3.63) is 105 Å². The maximum Gasteiger partial charge on any atom is 0.335 e. The lowest BCUT2D eigenvalue weighted by Gasteiger charge is -2.16. The van der Waals surface area contributed by atoms with E-state index in [0.29, 0.717) is 28.9 Å². The van der Waals surface area contributed by atoms with Crippen LogP contribution in [0.25, 0.3) is 5.69 Å². The lowest BCUT2D eigenvalue weighted by Crippen LogP contribution is -2.09. The molecule has 0 atom stereocenters. The van der Waals surface area contributed by atoms with Crippen LogP contribution in [-0.4, -0.2) is 20.9 Å². The number of carbonyl (C=O) groups is 1. The minimum absolute atomic E-state index is 0.242. The van der Waals surface area contributed by atoms with E-state index < -0.39 is 5.97 Å². The number of aromatic nitrogens is 2. The molecule has 0 saturated carbocycles. The molecule has 0 unspecified atom stereocenters. The lowest BCUT2D eigenvalue weighted by atomic mass is 10.0. The molecule has 1 aromatic heterocycles. The van der Waals surface area contributed by atoms with Gasteiger partial charge < -0.3 is 15.2 Å². The zero-order chi connectivity index (χ0) is 25.8. The Hall–Kier alpha value is -3.48. The number of anilines is 1. The molecule has 0 spiro atoms. The van der Waals surface area contributed by atoms with E-state index in [-0.39, 0.29) is 11.5 Å². The number of nitrogens with zero attached hydrogens (tertiary/aromatic N) is 2. The van der Waals surface area contributed by atoms with Crippen LogP contribution in [0.15, 0.2) is 66.9 Å². The van der Waals surface area contributed by atoms with Crippen LogP contribution in [0.2, 0.25) is 10.0 Å². The van der Waals surface area contributed by atoms with Crippen molar-refractivity contribution in [2.75, 3.05) is 5.32 Å². The van der Waals surface area contributed by atoms with Crippen LogP contribution in [0.1, 0.15) is 52.5 Å². The average Bonchev–Trinajstić information content (AvgIpc) is 3.26. The largest absolute Gasteiger partial charge is 0.487 e. The summed E-state index contributed by atoms with van der Waals surface area (Å²) in [6.07, 6.45) is 1.83. The number of ether oxygens (including phenoxy) is 1. The van der Waals surface area contributed by atoms with Crippen molar-refractivity contribution in [1.82, 2.24) is 9.78 Å². The summed E-state index contributed by atoms with van der Waals surface area (Å²) in [7, 11) is 0. The van der Waals surface area contributed by atoms with Crippen molar-refractivity contribution in [2.45, 2.75) is 39.8 Å². The summed E-state index contributed by atoms with van der Waals surface area (Å²) in [5.41, 5.74) is 5.69. The van der Waals surface area contributed by atoms with E-state index in [2.05, 4.69) is 24.3 Å². The zero-order valence-corrected chi connectivity index (χ0v) is 21.8. The number of carboxylic acids is 1. The number of nitrogens with one attached hydrogen (secondary N) is 1. The number of para-hydroxylation sites is 1. The molecule has 4 aromatic rings. The molecular formula is C28H27Cl2N3O3. The van der Waals surface area contributed by atoms with Gasteiger partial charge in [0.05, 0.1) is 27.5 Å². The quantitative estimate of drug-likeness (QED) is 0.237. The highest BCUT2D eigenvalue weighted by molar-refractivity contribution is 6.37. The molecule has 6 nitrogen and oxygen atoms in total. The first-order valence-corrected chi connectivity index (χ1v) is 12.3. The van der Waals surface area contributed by atoms with Gasteiger partial charge in [0.25, 0.3) is 0 Å². The van der Waals surface area contributed by atoms with Gasteiger partial charge >= 0.3 is 5.97 Å². The smallest absolute Gasteiger partial charge is 0.335 e. The summed E-state index contributed by atoms with van der Waals surface area (Å²) in [6.45, 7) is 7.02. The summed E-state index contributed by atoms with van der Waals surface area (Å²) in [5.74, 6) is 0.0264. The highest BCUT2D eigenvalue weighted by Gasteiger charge is 2.19. The van der Waals surface area contributed by atoms with E-state index in [1.54, 1.807) is 41.1 Å². The Morgan fingerprint density at radius 1 is 1.08 bits per heavy atom. The first kappa shape index (κ1) is 25.6. The Labute approximate surface area is 220 Å². The van der Waals surface area contributed by atoms with Crippen molar-refractivity contribution >= 4 is 34.9 Å². The average molecular weight is 524 g/mol. The van der Waals surface area contributed by atoms with Crippen molar-refractivity contribution in [1.29, 1.82) is 0 Å². The van der Waals surface area contributed by atoms with Gasteiger partial charge in [0, 0.05) is 12.2 Å². The van der Waals surface area contributed by atoms with Crippen LogP contribution in [-0.2, 0) is 13.2 Å². The molecule has 36 heavy (non-hydrogen) atoms. The van der Waals surface area contributed by atoms with Crippen LogP contribution in [0, 0.1) is 6.92 Å². The Balaban J connectivity index is 1.50. The number of hydrogen-bond donors (Lipinski definition) is 2. The predicted octanol–water partition coefficient (Wildman–Crippen LogP) is 7.50. The van der Waals surface area contributed by atoms with Gasteiger partial charge in [0.15, 0.2) is 0 Å². The molecule has 2 N–H and O–H groups in total. The highest BCUT2D eigenvalue weighted by atomic mass is 35.5. The number of benzene rings is 3. The molecule has 0 aliphatic rings. The predicted molar refractivity (Wildman–Crippen MR) is 144 cm³/mol. The monoisotopic (exact) mass is 523 g/mol. The molecule has 0 aliphatic heterocycles. The molecule has 0 bridgehead atoms. The van der Waals surface area contributed by atoms with E-state index in [9.17, 15) is 9.90 Å². The maximum atomic E-state index is 11.2. The summed E-state index contributed by atoms with van der Waals surface area (Å²) in [4.78, 5) is 11.2. The van der Waals surface area contributed by atoms with Gasteiger partial charge in [-0.25, -0.2) is 9.48 Å². The van der Waals surface area contributed by atoms with Crippen molar-refractivity contribution in [3.8, 4) is 11.4 Å². The number of halogens is 2. The minimum Gasteiger partial charge on any atom is -0.487 e. The molecule has 3 aromatic carbocycles. The molecule has 0 amide bonds.